The lowest BCUT2D eigenvalue weighted by Crippen LogP contribution is -2.30. The Hall–Kier alpha value is -3.10. The van der Waals surface area contributed by atoms with Crippen LogP contribution in [0.15, 0.2) is 71.9 Å². The number of anilines is 1. The van der Waals surface area contributed by atoms with Gasteiger partial charge in [-0.1, -0.05) is 30.3 Å². The number of carbonyl (C=O) groups is 1. The van der Waals surface area contributed by atoms with Crippen molar-refractivity contribution in [2.45, 2.75) is 24.8 Å². The number of carbonyl (C=O) groups excluding carboxylic acids is 1. The van der Waals surface area contributed by atoms with Gasteiger partial charge in [-0.05, 0) is 38.1 Å². The molecular formula is C20H20N4O3S. The Morgan fingerprint density at radius 3 is 2.11 bits per heavy atom. The Kier molecular flexibility index (Phi) is 5.81. The van der Waals surface area contributed by atoms with E-state index in [1.165, 1.54) is 36.7 Å². The second-order valence-corrected chi connectivity index (χ2v) is 8.13. The number of nitrogens with zero attached hydrogens (tertiary/aromatic N) is 2. The van der Waals surface area contributed by atoms with Crippen LogP contribution in [0.4, 0.5) is 5.69 Å². The Morgan fingerprint density at radius 2 is 1.54 bits per heavy atom. The van der Waals surface area contributed by atoms with Gasteiger partial charge in [-0.25, -0.2) is 23.1 Å². The molecule has 7 nitrogen and oxygen atoms in total. The van der Waals surface area contributed by atoms with E-state index < -0.39 is 10.0 Å². The van der Waals surface area contributed by atoms with Crippen molar-refractivity contribution in [2.24, 2.45) is 0 Å². The number of rotatable bonds is 6. The number of hydrogen-bond acceptors (Lipinski definition) is 5. The largest absolute Gasteiger partial charge is 0.319 e. The summed E-state index contributed by atoms with van der Waals surface area (Å²) in [5.74, 6) is 0.183. The summed E-state index contributed by atoms with van der Waals surface area (Å²) in [6.07, 6.45) is 3.05. The van der Waals surface area contributed by atoms with Crippen molar-refractivity contribution in [3.8, 4) is 11.4 Å². The monoisotopic (exact) mass is 396 g/mol. The van der Waals surface area contributed by atoms with Gasteiger partial charge >= 0.3 is 0 Å². The molecule has 0 saturated carbocycles. The predicted octanol–water partition coefficient (Wildman–Crippen LogP) is 3.08. The molecule has 0 bridgehead atoms. The Bertz CT molecular complexity index is 1050. The van der Waals surface area contributed by atoms with Crippen molar-refractivity contribution in [1.29, 1.82) is 0 Å². The van der Waals surface area contributed by atoms with Crippen molar-refractivity contribution >= 4 is 21.6 Å². The first-order valence-electron chi connectivity index (χ1n) is 8.66. The third-order valence-corrected chi connectivity index (χ3v) is 5.43. The minimum absolute atomic E-state index is 0.105. The van der Waals surface area contributed by atoms with Gasteiger partial charge in [-0.3, -0.25) is 4.79 Å². The quantitative estimate of drug-likeness (QED) is 0.667. The van der Waals surface area contributed by atoms with E-state index in [4.69, 9.17) is 0 Å². The zero-order valence-corrected chi connectivity index (χ0v) is 16.3. The van der Waals surface area contributed by atoms with Crippen LogP contribution in [-0.4, -0.2) is 30.3 Å². The lowest BCUT2D eigenvalue weighted by molar-refractivity contribution is 0.102. The minimum Gasteiger partial charge on any atom is -0.319 e. The summed E-state index contributed by atoms with van der Waals surface area (Å²) in [4.78, 5) is 21.0. The van der Waals surface area contributed by atoms with E-state index in [2.05, 4.69) is 20.0 Å². The molecule has 1 amide bonds. The molecule has 0 aliphatic rings. The fourth-order valence-electron chi connectivity index (χ4n) is 2.50. The summed E-state index contributed by atoms with van der Waals surface area (Å²) in [5, 5.41) is 2.70. The van der Waals surface area contributed by atoms with Crippen LogP contribution in [0.1, 0.15) is 24.2 Å². The van der Waals surface area contributed by atoms with E-state index in [1.54, 1.807) is 13.8 Å². The summed E-state index contributed by atoms with van der Waals surface area (Å²) in [6, 6.07) is 15.0. The molecule has 3 aromatic rings. The molecule has 8 heteroatoms. The van der Waals surface area contributed by atoms with E-state index in [0.717, 1.165) is 5.56 Å². The number of sulfonamides is 1. The fraction of sp³-hybridized carbons (Fsp3) is 0.150. The van der Waals surface area contributed by atoms with E-state index >= 15 is 0 Å². The fourth-order valence-corrected chi connectivity index (χ4v) is 3.75. The maximum Gasteiger partial charge on any atom is 0.255 e. The molecule has 3 rings (SSSR count). The summed E-state index contributed by atoms with van der Waals surface area (Å²) in [7, 11) is -3.59. The van der Waals surface area contributed by atoms with Crippen molar-refractivity contribution in [3.05, 3.63) is 72.6 Å². The Morgan fingerprint density at radius 1 is 0.929 bits per heavy atom. The van der Waals surface area contributed by atoms with Gasteiger partial charge in [0, 0.05) is 17.2 Å². The lowest BCUT2D eigenvalue weighted by Gasteiger charge is -2.10. The highest BCUT2D eigenvalue weighted by atomic mass is 32.2. The van der Waals surface area contributed by atoms with Crippen LogP contribution in [-0.2, 0) is 10.0 Å². The standard InChI is InChI=1S/C20H20N4O3S/c1-14(2)24-28(26,27)18-10-8-16(9-11-18)20(25)23-17-12-21-19(22-13-17)15-6-4-3-5-7-15/h3-14,24H,1-2H3,(H,23,25). The van der Waals surface area contributed by atoms with Gasteiger partial charge in [0.1, 0.15) is 0 Å². The SMILES string of the molecule is CC(C)NS(=O)(=O)c1ccc(C(=O)Nc2cnc(-c3ccccc3)nc2)cc1. The second kappa shape index (κ2) is 8.28. The van der Waals surface area contributed by atoms with Gasteiger partial charge in [0.25, 0.3) is 5.91 Å². The Balaban J connectivity index is 1.69. The highest BCUT2D eigenvalue weighted by Crippen LogP contribution is 2.16. The van der Waals surface area contributed by atoms with Gasteiger partial charge in [0.15, 0.2) is 5.82 Å². The molecule has 1 heterocycles. The average molecular weight is 396 g/mol. The van der Waals surface area contributed by atoms with Crippen molar-refractivity contribution in [2.75, 3.05) is 5.32 Å². The maximum absolute atomic E-state index is 12.4. The average Bonchev–Trinajstić information content (AvgIpc) is 2.68. The third-order valence-electron chi connectivity index (χ3n) is 3.76. The summed E-state index contributed by atoms with van der Waals surface area (Å²) >= 11 is 0. The molecule has 2 N–H and O–H groups in total. The number of aromatic nitrogens is 2. The number of nitrogens with one attached hydrogen (secondary N) is 2. The molecule has 0 aliphatic heterocycles. The van der Waals surface area contributed by atoms with E-state index in [1.807, 2.05) is 30.3 Å². The molecule has 144 valence electrons. The summed E-state index contributed by atoms with van der Waals surface area (Å²) in [6.45, 7) is 3.48. The number of hydrogen-bond donors (Lipinski definition) is 2. The first kappa shape index (κ1) is 19.7. The molecule has 1 aromatic heterocycles. The number of benzene rings is 2. The smallest absolute Gasteiger partial charge is 0.255 e. The highest BCUT2D eigenvalue weighted by molar-refractivity contribution is 7.89. The summed E-state index contributed by atoms with van der Waals surface area (Å²) < 4.78 is 26.8. The van der Waals surface area contributed by atoms with E-state index in [-0.39, 0.29) is 16.8 Å². The van der Waals surface area contributed by atoms with Crippen LogP contribution < -0.4 is 10.0 Å². The molecule has 2 aromatic carbocycles. The maximum atomic E-state index is 12.4. The van der Waals surface area contributed by atoms with Crippen LogP contribution in [0.25, 0.3) is 11.4 Å². The molecule has 28 heavy (non-hydrogen) atoms. The van der Waals surface area contributed by atoms with Crippen molar-refractivity contribution in [3.63, 3.8) is 0 Å². The van der Waals surface area contributed by atoms with Crippen molar-refractivity contribution in [1.82, 2.24) is 14.7 Å². The molecule has 0 unspecified atom stereocenters. The topological polar surface area (TPSA) is 101 Å². The van der Waals surface area contributed by atoms with Gasteiger partial charge in [-0.2, -0.15) is 0 Å². The van der Waals surface area contributed by atoms with Crippen LogP contribution >= 0.6 is 0 Å². The second-order valence-electron chi connectivity index (χ2n) is 6.42. The number of amides is 1. The normalized spacial score (nSPS) is 11.4. The molecule has 0 aliphatic carbocycles. The van der Waals surface area contributed by atoms with Gasteiger partial charge < -0.3 is 5.32 Å². The van der Waals surface area contributed by atoms with Crippen LogP contribution in [0.3, 0.4) is 0 Å². The summed E-state index contributed by atoms with van der Waals surface area (Å²) in [5.41, 5.74) is 1.66. The predicted molar refractivity (Wildman–Crippen MR) is 107 cm³/mol. The molecule has 0 radical (unpaired) electrons. The molecule has 0 spiro atoms. The van der Waals surface area contributed by atoms with Gasteiger partial charge in [-0.15, -0.1) is 0 Å². The van der Waals surface area contributed by atoms with E-state index in [9.17, 15) is 13.2 Å². The van der Waals surface area contributed by atoms with Crippen LogP contribution in [0.5, 0.6) is 0 Å². The first-order chi connectivity index (χ1) is 13.3. The first-order valence-corrected chi connectivity index (χ1v) is 10.1. The highest BCUT2D eigenvalue weighted by Gasteiger charge is 2.16. The zero-order valence-electron chi connectivity index (χ0n) is 15.5. The Labute approximate surface area is 163 Å². The van der Waals surface area contributed by atoms with Gasteiger partial charge in [0.05, 0.1) is 23.0 Å². The van der Waals surface area contributed by atoms with Crippen molar-refractivity contribution < 1.29 is 13.2 Å². The van der Waals surface area contributed by atoms with Gasteiger partial charge in [0.2, 0.25) is 10.0 Å². The third kappa shape index (κ3) is 4.79. The molecule has 0 atom stereocenters. The van der Waals surface area contributed by atoms with Crippen LogP contribution in [0.2, 0.25) is 0 Å². The lowest BCUT2D eigenvalue weighted by atomic mass is 10.2. The van der Waals surface area contributed by atoms with E-state index in [0.29, 0.717) is 17.1 Å². The minimum atomic E-state index is -3.59. The molecular weight excluding hydrogens is 376 g/mol. The molecule has 0 saturated heterocycles. The zero-order chi connectivity index (χ0) is 20.1. The molecule has 0 fully saturated rings. The van der Waals surface area contributed by atoms with Crippen LogP contribution in [0, 0.1) is 0 Å².